The zero-order valence-electron chi connectivity index (χ0n) is 18.8. The number of thioether (sulfide) groups is 1. The molecule has 1 aliphatic heterocycles. The minimum absolute atomic E-state index is 0.0859. The van der Waals surface area contributed by atoms with Gasteiger partial charge in [0.25, 0.3) is 11.6 Å². The fourth-order valence-electron chi connectivity index (χ4n) is 3.25. The first-order chi connectivity index (χ1) is 15.8. The molecule has 1 saturated heterocycles. The Morgan fingerprint density at radius 2 is 1.85 bits per heavy atom. The first kappa shape index (κ1) is 24.7. The number of carbonyl (C=O) groups is 1. The second-order valence-corrected chi connectivity index (χ2v) is 9.16. The molecule has 1 fully saturated rings. The summed E-state index contributed by atoms with van der Waals surface area (Å²) in [6.07, 6.45) is 2.67. The molecule has 0 bridgehead atoms. The van der Waals surface area contributed by atoms with E-state index in [-0.39, 0.29) is 18.2 Å². The molecule has 0 saturated carbocycles. The molecule has 0 radical (unpaired) electrons. The molecule has 33 heavy (non-hydrogen) atoms. The Hall–Kier alpha value is -2.91. The highest BCUT2D eigenvalue weighted by molar-refractivity contribution is 8.26. The minimum Gasteiger partial charge on any atom is -0.490 e. The van der Waals surface area contributed by atoms with Crippen LogP contribution in [-0.4, -0.2) is 39.8 Å². The van der Waals surface area contributed by atoms with Gasteiger partial charge in [0, 0.05) is 24.2 Å². The number of amides is 1. The van der Waals surface area contributed by atoms with Crippen LogP contribution in [0.2, 0.25) is 0 Å². The van der Waals surface area contributed by atoms with Crippen molar-refractivity contribution in [1.29, 1.82) is 0 Å². The van der Waals surface area contributed by atoms with Crippen LogP contribution in [0.15, 0.2) is 47.4 Å². The van der Waals surface area contributed by atoms with E-state index in [1.54, 1.807) is 6.08 Å². The largest absolute Gasteiger partial charge is 0.490 e. The van der Waals surface area contributed by atoms with Gasteiger partial charge in [-0.2, -0.15) is 0 Å². The SMILES string of the molecule is CC[C@H](C)c1ccc(OCCOc2ccc([N+](=O)[O-])cc2/C=C2\SC(=S)N(CC)C2=O)cc1. The van der Waals surface area contributed by atoms with Gasteiger partial charge in [-0.3, -0.25) is 19.8 Å². The molecular formula is C24H26N2O5S2. The van der Waals surface area contributed by atoms with Gasteiger partial charge >= 0.3 is 0 Å². The van der Waals surface area contributed by atoms with Crippen molar-refractivity contribution in [1.82, 2.24) is 4.90 Å². The Kier molecular flexibility index (Phi) is 8.46. The van der Waals surface area contributed by atoms with Gasteiger partial charge < -0.3 is 9.47 Å². The highest BCUT2D eigenvalue weighted by Crippen LogP contribution is 2.35. The summed E-state index contributed by atoms with van der Waals surface area (Å²) in [5.74, 6) is 1.46. The van der Waals surface area contributed by atoms with E-state index in [1.165, 1.54) is 40.4 Å². The second-order valence-electron chi connectivity index (χ2n) is 7.48. The number of hydrogen-bond acceptors (Lipinski definition) is 7. The van der Waals surface area contributed by atoms with E-state index in [4.69, 9.17) is 21.7 Å². The molecule has 174 valence electrons. The summed E-state index contributed by atoms with van der Waals surface area (Å²) in [5.41, 5.74) is 1.63. The zero-order chi connectivity index (χ0) is 24.0. The van der Waals surface area contributed by atoms with E-state index < -0.39 is 4.92 Å². The summed E-state index contributed by atoms with van der Waals surface area (Å²) in [6.45, 7) is 7.19. The average Bonchev–Trinajstić information content (AvgIpc) is 3.09. The van der Waals surface area contributed by atoms with Crippen LogP contribution >= 0.6 is 24.0 Å². The monoisotopic (exact) mass is 486 g/mol. The molecule has 1 atom stereocenters. The molecule has 0 spiro atoms. The number of thiocarbonyl (C=S) groups is 1. The van der Waals surface area contributed by atoms with Crippen molar-refractivity contribution in [3.8, 4) is 11.5 Å². The van der Waals surface area contributed by atoms with Gasteiger partial charge in [0.15, 0.2) is 0 Å². The lowest BCUT2D eigenvalue weighted by molar-refractivity contribution is -0.384. The smallest absolute Gasteiger partial charge is 0.270 e. The maximum Gasteiger partial charge on any atom is 0.270 e. The fraction of sp³-hybridized carbons (Fsp3) is 0.333. The summed E-state index contributed by atoms with van der Waals surface area (Å²) in [6, 6.07) is 12.3. The van der Waals surface area contributed by atoms with Crippen LogP contribution in [0.1, 0.15) is 44.2 Å². The van der Waals surface area contributed by atoms with Crippen LogP contribution in [0.5, 0.6) is 11.5 Å². The molecule has 0 N–H and O–H groups in total. The fourth-order valence-corrected chi connectivity index (χ4v) is 4.62. The van der Waals surface area contributed by atoms with E-state index >= 15 is 0 Å². The maximum absolute atomic E-state index is 12.5. The molecule has 7 nitrogen and oxygen atoms in total. The summed E-state index contributed by atoms with van der Waals surface area (Å²) in [4.78, 5) is 25.2. The molecule has 1 aliphatic rings. The lowest BCUT2D eigenvalue weighted by atomic mass is 9.99. The van der Waals surface area contributed by atoms with Gasteiger partial charge in [0.1, 0.15) is 29.0 Å². The molecule has 1 amide bonds. The third kappa shape index (κ3) is 6.11. The molecule has 0 unspecified atom stereocenters. The number of rotatable bonds is 10. The number of carbonyl (C=O) groups excluding carboxylic acids is 1. The highest BCUT2D eigenvalue weighted by Gasteiger charge is 2.31. The number of ether oxygens (including phenoxy) is 2. The molecule has 2 aromatic rings. The number of likely N-dealkylation sites (N-methyl/N-ethyl adjacent to an activating group) is 1. The predicted octanol–water partition coefficient (Wildman–Crippen LogP) is 5.79. The third-order valence-electron chi connectivity index (χ3n) is 5.35. The molecule has 0 aliphatic carbocycles. The summed E-state index contributed by atoms with van der Waals surface area (Å²) >= 11 is 6.42. The summed E-state index contributed by atoms with van der Waals surface area (Å²) < 4.78 is 12.1. The van der Waals surface area contributed by atoms with Crippen LogP contribution in [-0.2, 0) is 4.79 Å². The van der Waals surface area contributed by atoms with Crippen molar-refractivity contribution in [2.75, 3.05) is 19.8 Å². The molecular weight excluding hydrogens is 460 g/mol. The van der Waals surface area contributed by atoms with E-state index in [0.29, 0.717) is 39.6 Å². The zero-order valence-corrected chi connectivity index (χ0v) is 20.4. The normalized spacial score (nSPS) is 15.7. The lowest BCUT2D eigenvalue weighted by Gasteiger charge is -2.12. The molecule has 1 heterocycles. The van der Waals surface area contributed by atoms with Crippen molar-refractivity contribution in [3.63, 3.8) is 0 Å². The Morgan fingerprint density at radius 1 is 1.15 bits per heavy atom. The number of non-ortho nitro benzene ring substituents is 1. The Bertz CT molecular complexity index is 1070. The van der Waals surface area contributed by atoms with Gasteiger partial charge in [-0.05, 0) is 49.1 Å². The Labute approximate surface area is 202 Å². The van der Waals surface area contributed by atoms with Gasteiger partial charge in [-0.25, -0.2) is 0 Å². The quantitative estimate of drug-likeness (QED) is 0.138. The predicted molar refractivity (Wildman–Crippen MR) is 135 cm³/mol. The van der Waals surface area contributed by atoms with Crippen molar-refractivity contribution in [2.45, 2.75) is 33.1 Å². The summed E-state index contributed by atoms with van der Waals surface area (Å²) in [7, 11) is 0. The lowest BCUT2D eigenvalue weighted by Crippen LogP contribution is -2.27. The maximum atomic E-state index is 12.5. The Morgan fingerprint density at radius 3 is 2.45 bits per heavy atom. The first-order valence-corrected chi connectivity index (χ1v) is 12.0. The van der Waals surface area contributed by atoms with Crippen LogP contribution in [0.4, 0.5) is 5.69 Å². The first-order valence-electron chi connectivity index (χ1n) is 10.7. The van der Waals surface area contributed by atoms with Crippen LogP contribution < -0.4 is 9.47 Å². The van der Waals surface area contributed by atoms with Crippen molar-refractivity contribution >= 4 is 46.0 Å². The molecule has 2 aromatic carbocycles. The van der Waals surface area contributed by atoms with E-state index in [9.17, 15) is 14.9 Å². The number of benzene rings is 2. The van der Waals surface area contributed by atoms with E-state index in [0.717, 1.165) is 12.2 Å². The van der Waals surface area contributed by atoms with Gasteiger partial charge in [0.05, 0.1) is 9.83 Å². The molecule has 0 aromatic heterocycles. The van der Waals surface area contributed by atoms with E-state index in [2.05, 4.69) is 26.0 Å². The number of nitrogens with zero attached hydrogens (tertiary/aromatic N) is 2. The average molecular weight is 487 g/mol. The van der Waals surface area contributed by atoms with Gasteiger partial charge in [0.2, 0.25) is 0 Å². The summed E-state index contributed by atoms with van der Waals surface area (Å²) in [5, 5.41) is 11.2. The topological polar surface area (TPSA) is 81.9 Å². The van der Waals surface area contributed by atoms with Crippen molar-refractivity contribution < 1.29 is 19.2 Å². The van der Waals surface area contributed by atoms with Gasteiger partial charge in [-0.15, -0.1) is 0 Å². The minimum atomic E-state index is -0.482. The number of nitro benzene ring substituents is 1. The number of hydrogen-bond donors (Lipinski definition) is 0. The van der Waals surface area contributed by atoms with Crippen molar-refractivity contribution in [3.05, 3.63) is 68.6 Å². The number of nitro groups is 1. The van der Waals surface area contributed by atoms with Crippen LogP contribution in [0, 0.1) is 10.1 Å². The van der Waals surface area contributed by atoms with E-state index in [1.807, 2.05) is 19.1 Å². The van der Waals surface area contributed by atoms with Crippen molar-refractivity contribution in [2.24, 2.45) is 0 Å². The highest BCUT2D eigenvalue weighted by atomic mass is 32.2. The Balaban J connectivity index is 1.69. The van der Waals surface area contributed by atoms with Crippen LogP contribution in [0.25, 0.3) is 6.08 Å². The third-order valence-corrected chi connectivity index (χ3v) is 6.73. The second kappa shape index (κ2) is 11.3. The molecule has 9 heteroatoms. The standard InChI is InChI=1S/C24H26N2O5S2/c1-4-16(3)17-6-9-20(10-7-17)30-12-13-31-21-11-8-19(26(28)29)14-18(21)15-22-23(27)25(5-2)24(32)33-22/h6-11,14-16H,4-5,12-13H2,1-3H3/b22-15-/t16-/m0/s1. The van der Waals surface area contributed by atoms with Gasteiger partial charge in [-0.1, -0.05) is 50.0 Å². The molecule has 3 rings (SSSR count). The van der Waals surface area contributed by atoms with Crippen LogP contribution in [0.3, 0.4) is 0 Å².